The fourth-order valence-corrected chi connectivity index (χ4v) is 2.16. The minimum absolute atomic E-state index is 0.0636. The molecule has 1 aliphatic heterocycles. The molecule has 4 heteroatoms. The number of halogens is 1. The minimum Gasteiger partial charge on any atom is -0.478 e. The predicted octanol–water partition coefficient (Wildman–Crippen LogP) is 1.93. The summed E-state index contributed by atoms with van der Waals surface area (Å²) in [6.45, 7) is 0.984. The van der Waals surface area contributed by atoms with Crippen molar-refractivity contribution in [2.24, 2.45) is 0 Å². The Morgan fingerprint density at radius 1 is 1.44 bits per heavy atom. The molecule has 0 aliphatic carbocycles. The van der Waals surface area contributed by atoms with E-state index in [0.29, 0.717) is 6.42 Å². The highest BCUT2D eigenvalue weighted by Gasteiger charge is 2.36. The van der Waals surface area contributed by atoms with Gasteiger partial charge in [-0.3, -0.25) is 0 Å². The Morgan fingerprint density at radius 2 is 2.19 bits per heavy atom. The lowest BCUT2D eigenvalue weighted by Gasteiger charge is -2.31. The average molecular weight is 223 g/mol. The monoisotopic (exact) mass is 223 g/mol. The van der Waals surface area contributed by atoms with Gasteiger partial charge in [0, 0.05) is 12.1 Å². The first-order chi connectivity index (χ1) is 7.63. The number of hydrogen-bond donors (Lipinski definition) is 2. The van der Waals surface area contributed by atoms with E-state index in [2.05, 4.69) is 5.32 Å². The standard InChI is InChI=1S/C12H14FNO2/c13-12(6-3-7-14-8-12)10-5-2-1-4-9(10)11(15)16/h1-2,4-5,14H,3,6-8H2,(H,15,16). The lowest BCUT2D eigenvalue weighted by Crippen LogP contribution is -2.40. The molecule has 1 aromatic carbocycles. The third-order valence-electron chi connectivity index (χ3n) is 2.97. The zero-order valence-corrected chi connectivity index (χ0v) is 8.87. The Bertz CT molecular complexity index is 400. The summed E-state index contributed by atoms with van der Waals surface area (Å²) >= 11 is 0. The Labute approximate surface area is 93.3 Å². The predicted molar refractivity (Wildman–Crippen MR) is 58.3 cm³/mol. The second-order valence-electron chi connectivity index (χ2n) is 4.10. The zero-order chi connectivity index (χ0) is 11.6. The number of carbonyl (C=O) groups is 1. The summed E-state index contributed by atoms with van der Waals surface area (Å²) in [5.74, 6) is -1.07. The molecule has 0 spiro atoms. The number of alkyl halides is 1. The van der Waals surface area contributed by atoms with Crippen molar-refractivity contribution >= 4 is 5.97 Å². The number of benzene rings is 1. The molecule has 0 amide bonds. The van der Waals surface area contributed by atoms with E-state index < -0.39 is 11.6 Å². The van der Waals surface area contributed by atoms with Crippen molar-refractivity contribution in [1.82, 2.24) is 5.32 Å². The summed E-state index contributed by atoms with van der Waals surface area (Å²) < 4.78 is 14.6. The fourth-order valence-electron chi connectivity index (χ4n) is 2.16. The van der Waals surface area contributed by atoms with Crippen LogP contribution in [0.5, 0.6) is 0 Å². The van der Waals surface area contributed by atoms with Crippen LogP contribution in [0.15, 0.2) is 24.3 Å². The van der Waals surface area contributed by atoms with Gasteiger partial charge in [0.2, 0.25) is 0 Å². The molecule has 86 valence electrons. The molecule has 2 rings (SSSR count). The lowest BCUT2D eigenvalue weighted by atomic mass is 9.85. The Kier molecular flexibility index (Phi) is 2.92. The second kappa shape index (κ2) is 4.22. The highest BCUT2D eigenvalue weighted by atomic mass is 19.1. The molecule has 3 nitrogen and oxygen atoms in total. The normalized spacial score (nSPS) is 25.3. The quantitative estimate of drug-likeness (QED) is 0.805. The van der Waals surface area contributed by atoms with Crippen LogP contribution in [0.25, 0.3) is 0 Å². The van der Waals surface area contributed by atoms with Crippen LogP contribution >= 0.6 is 0 Å². The maximum absolute atomic E-state index is 14.6. The molecule has 16 heavy (non-hydrogen) atoms. The van der Waals surface area contributed by atoms with Gasteiger partial charge in [0.25, 0.3) is 0 Å². The second-order valence-corrected chi connectivity index (χ2v) is 4.10. The van der Waals surface area contributed by atoms with Gasteiger partial charge in [0.15, 0.2) is 0 Å². The molecular weight excluding hydrogens is 209 g/mol. The number of carboxylic acid groups (broad SMARTS) is 1. The number of rotatable bonds is 2. The number of carboxylic acids is 1. The van der Waals surface area contributed by atoms with Crippen molar-refractivity contribution in [3.63, 3.8) is 0 Å². The smallest absolute Gasteiger partial charge is 0.336 e. The average Bonchev–Trinajstić information content (AvgIpc) is 2.30. The van der Waals surface area contributed by atoms with Gasteiger partial charge in [-0.15, -0.1) is 0 Å². The molecule has 2 N–H and O–H groups in total. The van der Waals surface area contributed by atoms with E-state index in [-0.39, 0.29) is 17.7 Å². The summed E-state index contributed by atoms with van der Waals surface area (Å²) in [5.41, 5.74) is -1.20. The first-order valence-corrected chi connectivity index (χ1v) is 5.36. The first-order valence-electron chi connectivity index (χ1n) is 5.36. The van der Waals surface area contributed by atoms with Crippen molar-refractivity contribution in [3.05, 3.63) is 35.4 Å². The molecule has 1 fully saturated rings. The highest BCUT2D eigenvalue weighted by Crippen LogP contribution is 2.34. The molecule has 0 radical (unpaired) electrons. The van der Waals surface area contributed by atoms with Gasteiger partial charge in [0.05, 0.1) is 5.56 Å². The maximum atomic E-state index is 14.6. The SMILES string of the molecule is O=C(O)c1ccccc1C1(F)CCCNC1. The van der Waals surface area contributed by atoms with Gasteiger partial charge in [-0.25, -0.2) is 9.18 Å². The van der Waals surface area contributed by atoms with Gasteiger partial charge < -0.3 is 10.4 Å². The zero-order valence-electron chi connectivity index (χ0n) is 8.87. The van der Waals surface area contributed by atoms with Gasteiger partial charge in [-0.2, -0.15) is 0 Å². The van der Waals surface area contributed by atoms with Gasteiger partial charge in [0.1, 0.15) is 5.67 Å². The van der Waals surface area contributed by atoms with Crippen molar-refractivity contribution in [2.45, 2.75) is 18.5 Å². The number of hydrogen-bond acceptors (Lipinski definition) is 2. The van der Waals surface area contributed by atoms with Crippen molar-refractivity contribution in [2.75, 3.05) is 13.1 Å². The van der Waals surface area contributed by atoms with E-state index in [0.717, 1.165) is 13.0 Å². The summed E-state index contributed by atoms with van der Waals surface area (Å²) in [6, 6.07) is 6.31. The van der Waals surface area contributed by atoms with Gasteiger partial charge in [-0.05, 0) is 25.5 Å². The third kappa shape index (κ3) is 1.93. The highest BCUT2D eigenvalue weighted by molar-refractivity contribution is 5.89. The van der Waals surface area contributed by atoms with Crippen LogP contribution in [0.2, 0.25) is 0 Å². The lowest BCUT2D eigenvalue weighted by molar-refractivity contribution is 0.0678. The van der Waals surface area contributed by atoms with Crippen LogP contribution in [0.1, 0.15) is 28.8 Å². The molecule has 1 heterocycles. The Morgan fingerprint density at radius 3 is 2.81 bits per heavy atom. The van der Waals surface area contributed by atoms with E-state index in [9.17, 15) is 9.18 Å². The molecule has 1 aromatic rings. The third-order valence-corrected chi connectivity index (χ3v) is 2.97. The topological polar surface area (TPSA) is 49.3 Å². The molecule has 1 unspecified atom stereocenters. The molecule has 0 bridgehead atoms. The largest absolute Gasteiger partial charge is 0.478 e. The molecule has 1 saturated heterocycles. The molecule has 1 atom stereocenters. The van der Waals surface area contributed by atoms with Gasteiger partial charge in [-0.1, -0.05) is 18.2 Å². The van der Waals surface area contributed by atoms with E-state index in [4.69, 9.17) is 5.11 Å². The van der Waals surface area contributed by atoms with Crippen LogP contribution in [0, 0.1) is 0 Å². The molecule has 0 aromatic heterocycles. The molecular formula is C12H14FNO2. The van der Waals surface area contributed by atoms with Crippen molar-refractivity contribution < 1.29 is 14.3 Å². The molecule has 0 saturated carbocycles. The summed E-state index contributed by atoms with van der Waals surface area (Å²) in [4.78, 5) is 11.0. The number of aromatic carboxylic acids is 1. The first kappa shape index (κ1) is 11.1. The van der Waals surface area contributed by atoms with Crippen LogP contribution in [0.3, 0.4) is 0 Å². The number of piperidine rings is 1. The van der Waals surface area contributed by atoms with Crippen LogP contribution < -0.4 is 5.32 Å². The minimum atomic E-state index is -1.55. The van der Waals surface area contributed by atoms with Crippen molar-refractivity contribution in [3.8, 4) is 0 Å². The van der Waals surface area contributed by atoms with Crippen LogP contribution in [-0.4, -0.2) is 24.2 Å². The Balaban J connectivity index is 2.42. The van der Waals surface area contributed by atoms with Crippen LogP contribution in [-0.2, 0) is 5.67 Å². The summed E-state index contributed by atoms with van der Waals surface area (Å²) in [5, 5.41) is 12.0. The summed E-state index contributed by atoms with van der Waals surface area (Å²) in [6.07, 6.45) is 1.11. The molecule has 1 aliphatic rings. The van der Waals surface area contributed by atoms with E-state index in [1.807, 2.05) is 0 Å². The van der Waals surface area contributed by atoms with E-state index in [1.165, 1.54) is 6.07 Å². The number of nitrogens with one attached hydrogen (secondary N) is 1. The van der Waals surface area contributed by atoms with E-state index in [1.54, 1.807) is 18.2 Å². The Hall–Kier alpha value is -1.42. The van der Waals surface area contributed by atoms with Gasteiger partial charge >= 0.3 is 5.97 Å². The van der Waals surface area contributed by atoms with Crippen LogP contribution in [0.4, 0.5) is 4.39 Å². The maximum Gasteiger partial charge on any atom is 0.336 e. The summed E-state index contributed by atoms with van der Waals surface area (Å²) in [7, 11) is 0. The van der Waals surface area contributed by atoms with Crippen molar-refractivity contribution in [1.29, 1.82) is 0 Å². The fraction of sp³-hybridized carbons (Fsp3) is 0.417. The van der Waals surface area contributed by atoms with E-state index >= 15 is 0 Å².